The first kappa shape index (κ1) is 11.8. The molecule has 0 aliphatic heterocycles. The summed E-state index contributed by atoms with van der Waals surface area (Å²) < 4.78 is 0. The van der Waals surface area contributed by atoms with E-state index in [2.05, 4.69) is 17.2 Å². The van der Waals surface area contributed by atoms with Gasteiger partial charge in [0.2, 0.25) is 0 Å². The second-order valence-corrected chi connectivity index (χ2v) is 4.87. The molecule has 1 N–H and O–H groups in total. The number of aryl methyl sites for hydroxylation is 1. The van der Waals surface area contributed by atoms with Gasteiger partial charge in [-0.1, -0.05) is 6.92 Å². The van der Waals surface area contributed by atoms with Crippen molar-refractivity contribution in [2.75, 3.05) is 5.32 Å². The third-order valence-electron chi connectivity index (χ3n) is 3.33. The van der Waals surface area contributed by atoms with Crippen LogP contribution in [-0.4, -0.2) is 15.9 Å². The van der Waals surface area contributed by atoms with E-state index >= 15 is 0 Å². The van der Waals surface area contributed by atoms with Crippen LogP contribution in [0, 0.1) is 23.0 Å². The molecule has 1 saturated carbocycles. The number of pyridine rings is 1. The van der Waals surface area contributed by atoms with Crippen molar-refractivity contribution in [1.82, 2.24) is 4.98 Å². The Bertz CT molecular complexity index is 434. The van der Waals surface area contributed by atoms with Gasteiger partial charge in [-0.3, -0.25) is 10.1 Å². The molecular weight excluding hydrogens is 218 g/mol. The minimum absolute atomic E-state index is 0.0790. The summed E-state index contributed by atoms with van der Waals surface area (Å²) in [4.78, 5) is 14.4. The first-order valence-electron chi connectivity index (χ1n) is 5.94. The molecule has 0 aromatic carbocycles. The van der Waals surface area contributed by atoms with Crippen molar-refractivity contribution in [3.8, 4) is 0 Å². The quantitative estimate of drug-likeness (QED) is 0.646. The minimum Gasteiger partial charge on any atom is -0.367 e. The lowest BCUT2D eigenvalue weighted by Gasteiger charge is -2.13. The van der Waals surface area contributed by atoms with Gasteiger partial charge in [0, 0.05) is 11.6 Å². The van der Waals surface area contributed by atoms with Crippen molar-refractivity contribution < 1.29 is 4.92 Å². The van der Waals surface area contributed by atoms with Gasteiger partial charge in [0.05, 0.1) is 4.92 Å². The highest BCUT2D eigenvalue weighted by atomic mass is 16.6. The molecule has 0 radical (unpaired) electrons. The summed E-state index contributed by atoms with van der Waals surface area (Å²) in [5, 5.41) is 14.0. The molecule has 2 rings (SSSR count). The summed E-state index contributed by atoms with van der Waals surface area (Å²) in [6, 6.07) is 2.21. The van der Waals surface area contributed by atoms with Gasteiger partial charge in [-0.25, -0.2) is 4.98 Å². The molecule has 1 aliphatic rings. The molecule has 2 unspecified atom stereocenters. The van der Waals surface area contributed by atoms with Crippen molar-refractivity contribution >= 4 is 11.5 Å². The molecule has 5 nitrogen and oxygen atoms in total. The second-order valence-electron chi connectivity index (χ2n) is 4.87. The van der Waals surface area contributed by atoms with Crippen LogP contribution in [0.25, 0.3) is 0 Å². The summed E-state index contributed by atoms with van der Waals surface area (Å²) in [7, 11) is 0. The van der Waals surface area contributed by atoms with Crippen LogP contribution in [-0.2, 0) is 0 Å². The summed E-state index contributed by atoms with van der Waals surface area (Å²) >= 11 is 0. The van der Waals surface area contributed by atoms with E-state index in [0.29, 0.717) is 11.6 Å². The zero-order chi connectivity index (χ0) is 12.4. The molecule has 1 heterocycles. The Morgan fingerprint density at radius 2 is 2.29 bits per heavy atom. The number of aromatic nitrogens is 1. The fourth-order valence-electron chi connectivity index (χ4n) is 2.37. The Labute approximate surface area is 100 Å². The number of nitrogens with one attached hydrogen (secondary N) is 1. The Morgan fingerprint density at radius 1 is 1.53 bits per heavy atom. The molecule has 1 aromatic rings. The van der Waals surface area contributed by atoms with E-state index in [4.69, 9.17) is 0 Å². The van der Waals surface area contributed by atoms with Gasteiger partial charge in [-0.05, 0) is 38.2 Å². The molecule has 92 valence electrons. The summed E-state index contributed by atoms with van der Waals surface area (Å²) in [6.07, 6.45) is 4.87. The molecule has 0 amide bonds. The van der Waals surface area contributed by atoms with Crippen molar-refractivity contribution in [1.29, 1.82) is 0 Å². The van der Waals surface area contributed by atoms with Gasteiger partial charge in [0.25, 0.3) is 5.69 Å². The average molecular weight is 235 g/mol. The topological polar surface area (TPSA) is 68.1 Å². The van der Waals surface area contributed by atoms with Crippen molar-refractivity contribution in [3.63, 3.8) is 0 Å². The number of hydrogen-bond acceptors (Lipinski definition) is 4. The lowest BCUT2D eigenvalue weighted by Crippen LogP contribution is -2.16. The Hall–Kier alpha value is -1.65. The number of anilines is 1. The third kappa shape index (κ3) is 2.72. The summed E-state index contributed by atoms with van der Waals surface area (Å²) in [5.74, 6) is 1.50. The average Bonchev–Trinajstić information content (AvgIpc) is 2.63. The zero-order valence-corrected chi connectivity index (χ0v) is 10.1. The van der Waals surface area contributed by atoms with Crippen LogP contribution in [0.4, 0.5) is 11.5 Å². The fraction of sp³-hybridized carbons (Fsp3) is 0.583. The largest absolute Gasteiger partial charge is 0.367 e. The number of hydrogen-bond donors (Lipinski definition) is 1. The summed E-state index contributed by atoms with van der Waals surface area (Å²) in [5.41, 5.74) is 0.730. The third-order valence-corrected chi connectivity index (χ3v) is 3.33. The van der Waals surface area contributed by atoms with Crippen LogP contribution in [0.2, 0.25) is 0 Å². The molecule has 5 heteroatoms. The van der Waals surface area contributed by atoms with E-state index in [1.54, 1.807) is 13.0 Å². The minimum atomic E-state index is -0.399. The normalized spacial score (nSPS) is 23.6. The molecule has 0 saturated heterocycles. The lowest BCUT2D eigenvalue weighted by molar-refractivity contribution is -0.385. The van der Waals surface area contributed by atoms with E-state index in [9.17, 15) is 10.1 Å². The maximum Gasteiger partial charge on any atom is 0.290 e. The SMILES string of the molecule is Cc1cc(NC2CCC(C)C2)ncc1[N+](=O)[O-]. The first-order valence-corrected chi connectivity index (χ1v) is 5.94. The second kappa shape index (κ2) is 4.69. The highest BCUT2D eigenvalue weighted by Gasteiger charge is 2.21. The van der Waals surface area contributed by atoms with Gasteiger partial charge >= 0.3 is 0 Å². The van der Waals surface area contributed by atoms with Gasteiger partial charge in [0.15, 0.2) is 0 Å². The van der Waals surface area contributed by atoms with Crippen LogP contribution >= 0.6 is 0 Å². The van der Waals surface area contributed by atoms with Gasteiger partial charge < -0.3 is 5.32 Å². The van der Waals surface area contributed by atoms with Gasteiger partial charge in [0.1, 0.15) is 12.0 Å². The predicted octanol–water partition coefficient (Wildman–Crippen LogP) is 2.90. The zero-order valence-electron chi connectivity index (χ0n) is 10.1. The van der Waals surface area contributed by atoms with Crippen molar-refractivity contribution in [3.05, 3.63) is 27.9 Å². The van der Waals surface area contributed by atoms with E-state index in [1.807, 2.05) is 0 Å². The van der Waals surface area contributed by atoms with Crippen molar-refractivity contribution in [2.45, 2.75) is 39.2 Å². The number of rotatable bonds is 3. The smallest absolute Gasteiger partial charge is 0.290 e. The van der Waals surface area contributed by atoms with E-state index in [1.165, 1.54) is 12.6 Å². The predicted molar refractivity (Wildman–Crippen MR) is 66.1 cm³/mol. The molecular formula is C12H17N3O2. The van der Waals surface area contributed by atoms with E-state index < -0.39 is 4.92 Å². The molecule has 1 aliphatic carbocycles. The monoisotopic (exact) mass is 235 g/mol. The molecule has 0 spiro atoms. The molecule has 17 heavy (non-hydrogen) atoms. The Morgan fingerprint density at radius 3 is 2.82 bits per heavy atom. The van der Waals surface area contributed by atoms with E-state index in [0.717, 1.165) is 24.6 Å². The van der Waals surface area contributed by atoms with Crippen molar-refractivity contribution in [2.24, 2.45) is 5.92 Å². The van der Waals surface area contributed by atoms with Crippen LogP contribution in [0.3, 0.4) is 0 Å². The highest BCUT2D eigenvalue weighted by molar-refractivity contribution is 5.47. The molecule has 1 aromatic heterocycles. The fourth-order valence-corrected chi connectivity index (χ4v) is 2.37. The number of nitro groups is 1. The van der Waals surface area contributed by atoms with Crippen LogP contribution < -0.4 is 5.32 Å². The van der Waals surface area contributed by atoms with Gasteiger partial charge in [-0.2, -0.15) is 0 Å². The number of nitrogens with zero attached hydrogens (tertiary/aromatic N) is 2. The Balaban J connectivity index is 2.07. The molecule has 2 atom stereocenters. The highest BCUT2D eigenvalue weighted by Crippen LogP contribution is 2.28. The van der Waals surface area contributed by atoms with Crippen LogP contribution in [0.15, 0.2) is 12.3 Å². The van der Waals surface area contributed by atoms with Crippen LogP contribution in [0.1, 0.15) is 31.7 Å². The Kier molecular flexibility index (Phi) is 3.26. The first-order chi connectivity index (χ1) is 8.06. The molecule has 1 fully saturated rings. The maximum atomic E-state index is 10.7. The lowest BCUT2D eigenvalue weighted by atomic mass is 10.1. The van der Waals surface area contributed by atoms with Crippen LogP contribution in [0.5, 0.6) is 0 Å². The van der Waals surface area contributed by atoms with Gasteiger partial charge in [-0.15, -0.1) is 0 Å². The standard InChI is InChI=1S/C12H17N3O2/c1-8-3-4-10(5-8)14-12-6-9(2)11(7-13-12)15(16)17/h6-8,10H,3-5H2,1-2H3,(H,13,14). The van der Waals surface area contributed by atoms with E-state index in [-0.39, 0.29) is 5.69 Å². The molecule has 0 bridgehead atoms. The maximum absolute atomic E-state index is 10.7. The summed E-state index contributed by atoms with van der Waals surface area (Å²) in [6.45, 7) is 3.98.